The topological polar surface area (TPSA) is 57.7 Å². The smallest absolute Gasteiger partial charge is 0.274 e. The number of rotatable bonds is 6. The zero-order valence-electron chi connectivity index (χ0n) is 14.4. The Morgan fingerprint density at radius 2 is 1.07 bits per heavy atom. The number of amides is 4. The van der Waals surface area contributed by atoms with Gasteiger partial charge in [-0.3, -0.25) is 19.4 Å². The summed E-state index contributed by atoms with van der Waals surface area (Å²) in [6, 6.07) is 15.2. The van der Waals surface area contributed by atoms with Crippen LogP contribution < -0.4 is 0 Å². The molecule has 4 amide bonds. The van der Waals surface area contributed by atoms with Gasteiger partial charge in [0, 0.05) is 0 Å². The van der Waals surface area contributed by atoms with Crippen LogP contribution in [0.2, 0.25) is 0 Å². The van der Waals surface area contributed by atoms with Gasteiger partial charge >= 0.3 is 6.03 Å². The van der Waals surface area contributed by atoms with E-state index in [4.69, 9.17) is 0 Å². The maximum atomic E-state index is 14.5. The van der Waals surface area contributed by atoms with E-state index >= 15 is 0 Å². The van der Waals surface area contributed by atoms with Crippen molar-refractivity contribution in [2.24, 2.45) is 0 Å². The van der Waals surface area contributed by atoms with Gasteiger partial charge in [-0.25, -0.2) is 13.6 Å². The average Bonchev–Trinajstić information content (AvgIpc) is 2.69. The summed E-state index contributed by atoms with van der Waals surface area (Å²) in [6.45, 7) is -1.04. The first-order valence-electron chi connectivity index (χ1n) is 8.50. The molecule has 2 atom stereocenters. The third-order valence-corrected chi connectivity index (χ3v) is 4.37. The molecule has 1 aliphatic rings. The second-order valence-corrected chi connectivity index (χ2v) is 6.22. The first-order valence-corrected chi connectivity index (χ1v) is 8.50. The molecule has 1 heterocycles. The molecular weight excluding hydrogens is 354 g/mol. The fourth-order valence-corrected chi connectivity index (χ4v) is 2.89. The fourth-order valence-electron chi connectivity index (χ4n) is 2.89. The molecular formula is C20H18F2N2O3. The van der Waals surface area contributed by atoms with Gasteiger partial charge in [-0.05, 0) is 11.1 Å². The maximum Gasteiger partial charge on any atom is 0.333 e. The molecule has 2 aromatic rings. The van der Waals surface area contributed by atoms with Crippen molar-refractivity contribution in [1.29, 1.82) is 0 Å². The van der Waals surface area contributed by atoms with Crippen LogP contribution in [-0.4, -0.2) is 40.7 Å². The van der Waals surface area contributed by atoms with E-state index < -0.39 is 49.7 Å². The van der Waals surface area contributed by atoms with Crippen LogP contribution in [0.3, 0.4) is 0 Å². The highest BCUT2D eigenvalue weighted by Crippen LogP contribution is 2.25. The highest BCUT2D eigenvalue weighted by atomic mass is 19.1. The zero-order valence-corrected chi connectivity index (χ0v) is 14.4. The summed E-state index contributed by atoms with van der Waals surface area (Å²) in [6.07, 6.45) is -3.77. The van der Waals surface area contributed by atoms with E-state index in [1.807, 2.05) is 0 Å². The molecule has 0 N–H and O–H groups in total. The molecule has 1 aliphatic heterocycles. The molecule has 0 spiro atoms. The Labute approximate surface area is 155 Å². The Balaban J connectivity index is 1.73. The molecule has 0 radical (unpaired) electrons. The number of carbonyl (C=O) groups is 3. The quantitative estimate of drug-likeness (QED) is 0.728. The number of halogens is 2. The van der Waals surface area contributed by atoms with Gasteiger partial charge in [-0.1, -0.05) is 60.7 Å². The predicted octanol–water partition coefficient (Wildman–Crippen LogP) is 3.59. The highest BCUT2D eigenvalue weighted by molar-refractivity contribution is 6.14. The number of carbonyl (C=O) groups excluding carboxylic acids is 3. The summed E-state index contributed by atoms with van der Waals surface area (Å²) < 4.78 is 29.0. The highest BCUT2D eigenvalue weighted by Gasteiger charge is 2.40. The molecule has 3 rings (SSSR count). The van der Waals surface area contributed by atoms with E-state index in [0.29, 0.717) is 20.9 Å². The van der Waals surface area contributed by atoms with Gasteiger partial charge in [-0.2, -0.15) is 0 Å². The van der Waals surface area contributed by atoms with Gasteiger partial charge < -0.3 is 0 Å². The van der Waals surface area contributed by atoms with E-state index in [-0.39, 0.29) is 0 Å². The number of imide groups is 2. The van der Waals surface area contributed by atoms with Gasteiger partial charge in [0.15, 0.2) is 0 Å². The molecule has 1 saturated heterocycles. The molecule has 0 aromatic heterocycles. The summed E-state index contributed by atoms with van der Waals surface area (Å²) in [5.74, 6) is -1.56. The van der Waals surface area contributed by atoms with E-state index in [2.05, 4.69) is 0 Å². The summed E-state index contributed by atoms with van der Waals surface area (Å²) in [5, 5.41) is 0. The Morgan fingerprint density at radius 3 is 1.44 bits per heavy atom. The Morgan fingerprint density at radius 1 is 0.704 bits per heavy atom. The molecule has 1 fully saturated rings. The fraction of sp³-hybridized carbons (Fsp3) is 0.250. The van der Waals surface area contributed by atoms with E-state index in [1.54, 1.807) is 60.7 Å². The van der Waals surface area contributed by atoms with Crippen molar-refractivity contribution in [2.45, 2.75) is 18.8 Å². The molecule has 5 nitrogen and oxygen atoms in total. The van der Waals surface area contributed by atoms with Crippen LogP contribution in [0.1, 0.15) is 29.9 Å². The summed E-state index contributed by atoms with van der Waals surface area (Å²) in [5.41, 5.74) is 0.628. The number of nitrogens with zero attached hydrogens (tertiary/aromatic N) is 2. The van der Waals surface area contributed by atoms with Gasteiger partial charge in [-0.15, -0.1) is 0 Å². The van der Waals surface area contributed by atoms with Crippen molar-refractivity contribution in [1.82, 2.24) is 9.80 Å². The average molecular weight is 372 g/mol. The van der Waals surface area contributed by atoms with Gasteiger partial charge in [0.2, 0.25) is 11.8 Å². The lowest BCUT2D eigenvalue weighted by atomic mass is 10.1. The molecule has 0 bridgehead atoms. The third-order valence-electron chi connectivity index (χ3n) is 4.37. The van der Waals surface area contributed by atoms with Crippen LogP contribution in [0.5, 0.6) is 0 Å². The number of hydrogen-bond acceptors (Lipinski definition) is 3. The van der Waals surface area contributed by atoms with E-state index in [1.165, 1.54) is 0 Å². The number of alkyl halides is 2. The Kier molecular flexibility index (Phi) is 5.59. The zero-order chi connectivity index (χ0) is 19.4. The summed E-state index contributed by atoms with van der Waals surface area (Å²) >= 11 is 0. The SMILES string of the molecule is O=C1CC(=O)N(C[C@H](F)c2ccccc2)C(=O)N1C[C@@H](F)c1ccccc1. The van der Waals surface area contributed by atoms with Gasteiger partial charge in [0.05, 0.1) is 13.1 Å². The largest absolute Gasteiger partial charge is 0.333 e. The van der Waals surface area contributed by atoms with Crippen molar-refractivity contribution in [2.75, 3.05) is 13.1 Å². The number of barbiturate groups is 1. The van der Waals surface area contributed by atoms with Crippen LogP contribution in [-0.2, 0) is 9.59 Å². The Bertz CT molecular complexity index is 762. The van der Waals surface area contributed by atoms with Crippen LogP contribution in [0, 0.1) is 0 Å². The molecule has 2 aromatic carbocycles. The van der Waals surface area contributed by atoms with Crippen molar-refractivity contribution < 1.29 is 23.2 Å². The Hall–Kier alpha value is -3.09. The monoisotopic (exact) mass is 372 g/mol. The number of benzene rings is 2. The molecule has 0 unspecified atom stereocenters. The molecule has 0 saturated carbocycles. The van der Waals surface area contributed by atoms with E-state index in [9.17, 15) is 23.2 Å². The number of hydrogen-bond donors (Lipinski definition) is 0. The molecule has 140 valence electrons. The maximum absolute atomic E-state index is 14.5. The van der Waals surface area contributed by atoms with Crippen molar-refractivity contribution >= 4 is 17.8 Å². The lowest BCUT2D eigenvalue weighted by Crippen LogP contribution is -2.56. The molecule has 27 heavy (non-hydrogen) atoms. The van der Waals surface area contributed by atoms with Crippen LogP contribution >= 0.6 is 0 Å². The van der Waals surface area contributed by atoms with Crippen LogP contribution in [0.25, 0.3) is 0 Å². The van der Waals surface area contributed by atoms with Crippen LogP contribution in [0.4, 0.5) is 13.6 Å². The van der Waals surface area contributed by atoms with Gasteiger partial charge in [0.1, 0.15) is 18.8 Å². The second-order valence-electron chi connectivity index (χ2n) is 6.22. The van der Waals surface area contributed by atoms with Gasteiger partial charge in [0.25, 0.3) is 0 Å². The second kappa shape index (κ2) is 8.07. The molecule has 0 aliphatic carbocycles. The third kappa shape index (κ3) is 4.19. The first kappa shape index (κ1) is 18.7. The summed E-state index contributed by atoms with van der Waals surface area (Å²) in [7, 11) is 0. The van der Waals surface area contributed by atoms with E-state index in [0.717, 1.165) is 0 Å². The lowest BCUT2D eigenvalue weighted by Gasteiger charge is -2.34. The minimum atomic E-state index is -1.59. The number of urea groups is 1. The normalized spacial score (nSPS) is 17.2. The lowest BCUT2D eigenvalue weighted by molar-refractivity contribution is -0.143. The van der Waals surface area contributed by atoms with Crippen molar-refractivity contribution in [3.05, 3.63) is 71.8 Å². The van der Waals surface area contributed by atoms with Crippen molar-refractivity contribution in [3.63, 3.8) is 0 Å². The minimum Gasteiger partial charge on any atom is -0.274 e. The first-order chi connectivity index (χ1) is 13.0. The standard InChI is InChI=1S/C20H18F2N2O3/c21-16(14-7-3-1-4-8-14)12-23-18(25)11-19(26)24(20(23)27)13-17(22)15-9-5-2-6-10-15/h1-10,16-17H,11-13H2/t16-,17+. The minimum absolute atomic E-state index is 0.314. The van der Waals surface area contributed by atoms with Crippen LogP contribution in [0.15, 0.2) is 60.7 Å². The molecule has 7 heteroatoms. The van der Waals surface area contributed by atoms with Crippen molar-refractivity contribution in [3.8, 4) is 0 Å². The predicted molar refractivity (Wildman–Crippen MR) is 94.0 cm³/mol. The summed E-state index contributed by atoms with van der Waals surface area (Å²) in [4.78, 5) is 38.1.